The quantitative estimate of drug-likeness (QED) is 0.603. The summed E-state index contributed by atoms with van der Waals surface area (Å²) in [6, 6.07) is 11.6. The Kier molecular flexibility index (Phi) is 6.05. The first-order valence-electron chi connectivity index (χ1n) is 8.53. The highest BCUT2D eigenvalue weighted by atomic mass is 32.2. The van der Waals surface area contributed by atoms with Crippen LogP contribution in [0.4, 0.5) is 5.69 Å². The summed E-state index contributed by atoms with van der Waals surface area (Å²) in [7, 11) is -2.45. The van der Waals surface area contributed by atoms with Gasteiger partial charge in [-0.3, -0.25) is 9.10 Å². The van der Waals surface area contributed by atoms with Crippen LogP contribution in [0.3, 0.4) is 0 Å². The van der Waals surface area contributed by atoms with E-state index in [1.54, 1.807) is 41.8 Å². The molecule has 0 fully saturated rings. The Balaban J connectivity index is 1.80. The maximum Gasteiger partial charge on any atom is 0.265 e. The van der Waals surface area contributed by atoms with Crippen molar-refractivity contribution >= 4 is 33.0 Å². The standard InChI is InChI=1S/C19H20N2O5S2/c1-3-25-15-8-6-14(7-9-15)21(2)28(23,24)17-10-12-27-18(17)19(22)20-13-16-5-4-11-26-16/h4-12H,3,13H2,1-2H3,(H,20,22). The Morgan fingerprint density at radius 3 is 2.61 bits per heavy atom. The molecule has 0 saturated carbocycles. The first-order valence-corrected chi connectivity index (χ1v) is 10.9. The van der Waals surface area contributed by atoms with Crippen molar-refractivity contribution in [1.82, 2.24) is 5.32 Å². The highest BCUT2D eigenvalue weighted by molar-refractivity contribution is 7.93. The third-order valence-corrected chi connectivity index (χ3v) is 6.86. The maximum atomic E-state index is 13.1. The summed E-state index contributed by atoms with van der Waals surface area (Å²) in [5, 5.41) is 4.26. The zero-order valence-corrected chi connectivity index (χ0v) is 17.0. The molecule has 0 unspecified atom stereocenters. The maximum absolute atomic E-state index is 13.1. The molecule has 0 bridgehead atoms. The molecule has 0 saturated heterocycles. The van der Waals surface area contributed by atoms with E-state index in [0.29, 0.717) is 23.8 Å². The molecule has 28 heavy (non-hydrogen) atoms. The van der Waals surface area contributed by atoms with E-state index in [4.69, 9.17) is 9.15 Å². The van der Waals surface area contributed by atoms with Gasteiger partial charge in [0.05, 0.1) is 25.1 Å². The summed E-state index contributed by atoms with van der Waals surface area (Å²) in [5.41, 5.74) is 0.469. The number of thiophene rings is 1. The number of benzene rings is 1. The van der Waals surface area contributed by atoms with Crippen molar-refractivity contribution < 1.29 is 22.4 Å². The second kappa shape index (κ2) is 8.49. The number of carbonyl (C=O) groups is 1. The van der Waals surface area contributed by atoms with E-state index in [0.717, 1.165) is 15.6 Å². The zero-order chi connectivity index (χ0) is 20.1. The lowest BCUT2D eigenvalue weighted by Gasteiger charge is -2.20. The average molecular weight is 421 g/mol. The van der Waals surface area contributed by atoms with E-state index in [9.17, 15) is 13.2 Å². The van der Waals surface area contributed by atoms with Crippen LogP contribution in [0.15, 0.2) is 63.4 Å². The summed E-state index contributed by atoms with van der Waals surface area (Å²) < 4.78 is 37.8. The number of anilines is 1. The third-order valence-electron chi connectivity index (χ3n) is 3.99. The minimum Gasteiger partial charge on any atom is -0.494 e. The number of nitrogens with one attached hydrogen (secondary N) is 1. The van der Waals surface area contributed by atoms with E-state index in [1.165, 1.54) is 19.4 Å². The highest BCUT2D eigenvalue weighted by Crippen LogP contribution is 2.29. The molecule has 0 aliphatic carbocycles. The molecule has 0 spiro atoms. The van der Waals surface area contributed by atoms with E-state index >= 15 is 0 Å². The van der Waals surface area contributed by atoms with Crippen LogP contribution in [-0.2, 0) is 16.6 Å². The summed E-state index contributed by atoms with van der Waals surface area (Å²) in [4.78, 5) is 12.6. The van der Waals surface area contributed by atoms with Crippen molar-refractivity contribution in [3.63, 3.8) is 0 Å². The molecule has 3 rings (SSSR count). The molecule has 0 aliphatic rings. The number of furan rings is 1. The summed E-state index contributed by atoms with van der Waals surface area (Å²) in [5.74, 6) is 0.775. The first kappa shape index (κ1) is 20.0. The lowest BCUT2D eigenvalue weighted by molar-refractivity contribution is 0.0949. The normalized spacial score (nSPS) is 11.2. The monoisotopic (exact) mass is 420 g/mol. The molecule has 0 aliphatic heterocycles. The molecule has 148 valence electrons. The van der Waals surface area contributed by atoms with Crippen molar-refractivity contribution in [2.24, 2.45) is 0 Å². The van der Waals surface area contributed by atoms with Crippen LogP contribution in [0.2, 0.25) is 0 Å². The average Bonchev–Trinajstić information content (AvgIpc) is 3.38. The van der Waals surface area contributed by atoms with Crippen LogP contribution in [0.25, 0.3) is 0 Å². The smallest absolute Gasteiger partial charge is 0.265 e. The number of carbonyl (C=O) groups excluding carboxylic acids is 1. The van der Waals surface area contributed by atoms with Gasteiger partial charge in [0, 0.05) is 7.05 Å². The van der Waals surface area contributed by atoms with Crippen LogP contribution in [0, 0.1) is 0 Å². The van der Waals surface area contributed by atoms with Gasteiger partial charge in [-0.15, -0.1) is 11.3 Å². The van der Waals surface area contributed by atoms with Crippen LogP contribution in [-0.4, -0.2) is 28.0 Å². The minimum atomic E-state index is -3.90. The van der Waals surface area contributed by atoms with Crippen LogP contribution >= 0.6 is 11.3 Å². The van der Waals surface area contributed by atoms with E-state index in [2.05, 4.69) is 5.32 Å². The predicted molar refractivity (Wildman–Crippen MR) is 107 cm³/mol. The predicted octanol–water partition coefficient (Wildman–Crippen LogP) is 3.49. The molecule has 1 aromatic carbocycles. The van der Waals surface area contributed by atoms with Gasteiger partial charge in [0.25, 0.3) is 15.9 Å². The van der Waals surface area contributed by atoms with Crippen LogP contribution in [0.1, 0.15) is 22.4 Å². The van der Waals surface area contributed by atoms with Crippen molar-refractivity contribution in [3.8, 4) is 5.75 Å². The Morgan fingerprint density at radius 1 is 1.21 bits per heavy atom. The summed E-state index contributed by atoms with van der Waals surface area (Å²) in [6.45, 7) is 2.58. The fourth-order valence-corrected chi connectivity index (χ4v) is 5.04. The van der Waals surface area contributed by atoms with Crippen molar-refractivity contribution in [3.05, 3.63) is 64.7 Å². The van der Waals surface area contributed by atoms with E-state index < -0.39 is 15.9 Å². The van der Waals surface area contributed by atoms with Gasteiger partial charge in [0.1, 0.15) is 21.3 Å². The largest absolute Gasteiger partial charge is 0.494 e. The molecule has 1 amide bonds. The Morgan fingerprint density at radius 2 is 1.96 bits per heavy atom. The van der Waals surface area contributed by atoms with Crippen molar-refractivity contribution in [2.75, 3.05) is 18.0 Å². The summed E-state index contributed by atoms with van der Waals surface area (Å²) in [6.07, 6.45) is 1.51. The SMILES string of the molecule is CCOc1ccc(N(C)S(=O)(=O)c2ccsc2C(=O)NCc2ccco2)cc1. The first-order chi connectivity index (χ1) is 13.4. The minimum absolute atomic E-state index is 0.0363. The van der Waals surface area contributed by atoms with Gasteiger partial charge in [-0.25, -0.2) is 8.42 Å². The molecular formula is C19H20N2O5S2. The van der Waals surface area contributed by atoms with Crippen molar-refractivity contribution in [1.29, 1.82) is 0 Å². The topological polar surface area (TPSA) is 88.8 Å². The van der Waals surface area contributed by atoms with Crippen molar-refractivity contribution in [2.45, 2.75) is 18.4 Å². The van der Waals surface area contributed by atoms with Gasteiger partial charge < -0.3 is 14.5 Å². The number of rotatable bonds is 8. The van der Waals surface area contributed by atoms with Gasteiger partial charge in [-0.2, -0.15) is 0 Å². The fourth-order valence-electron chi connectivity index (χ4n) is 2.53. The van der Waals surface area contributed by atoms with Gasteiger partial charge in [-0.05, 0) is 54.8 Å². The van der Waals surface area contributed by atoms with E-state index in [-0.39, 0.29) is 16.3 Å². The number of nitrogens with zero attached hydrogens (tertiary/aromatic N) is 1. The van der Waals surface area contributed by atoms with E-state index in [1.807, 2.05) is 6.92 Å². The molecule has 3 aromatic rings. The van der Waals surface area contributed by atoms with Gasteiger partial charge in [-0.1, -0.05) is 0 Å². The number of sulfonamides is 1. The number of ether oxygens (including phenoxy) is 1. The van der Waals surface area contributed by atoms with Gasteiger partial charge in [0.2, 0.25) is 0 Å². The third kappa shape index (κ3) is 4.20. The van der Waals surface area contributed by atoms with Gasteiger partial charge in [0.15, 0.2) is 0 Å². The second-order valence-corrected chi connectivity index (χ2v) is 8.63. The fraction of sp³-hybridized carbons (Fsp3) is 0.211. The zero-order valence-electron chi connectivity index (χ0n) is 15.4. The number of hydrogen-bond donors (Lipinski definition) is 1. The number of hydrogen-bond acceptors (Lipinski definition) is 6. The number of amides is 1. The molecule has 2 aromatic heterocycles. The lowest BCUT2D eigenvalue weighted by Crippen LogP contribution is -2.29. The molecule has 0 radical (unpaired) electrons. The molecule has 7 nitrogen and oxygen atoms in total. The molecule has 9 heteroatoms. The lowest BCUT2D eigenvalue weighted by atomic mass is 10.3. The van der Waals surface area contributed by atoms with Crippen LogP contribution < -0.4 is 14.4 Å². The van der Waals surface area contributed by atoms with Gasteiger partial charge >= 0.3 is 0 Å². The highest BCUT2D eigenvalue weighted by Gasteiger charge is 2.28. The molecule has 0 atom stereocenters. The molecule has 1 N–H and O–H groups in total. The Hall–Kier alpha value is -2.78. The molecule has 2 heterocycles. The molecular weight excluding hydrogens is 400 g/mol. The Bertz CT molecular complexity index is 1020. The summed E-state index contributed by atoms with van der Waals surface area (Å²) >= 11 is 1.07. The van der Waals surface area contributed by atoms with Crippen LogP contribution in [0.5, 0.6) is 5.75 Å². The second-order valence-electron chi connectivity index (χ2n) is 5.78. The Labute approximate surface area is 167 Å².